The number of nitrogens with one attached hydrogen (secondary N) is 2. The van der Waals surface area contributed by atoms with Gasteiger partial charge in [-0.05, 0) is 42.7 Å². The Morgan fingerprint density at radius 3 is 2.62 bits per heavy atom. The lowest BCUT2D eigenvalue weighted by Crippen LogP contribution is -2.24. The molecular formula is C20H21N5O. The van der Waals surface area contributed by atoms with Crippen molar-refractivity contribution in [1.29, 1.82) is 0 Å². The molecule has 132 valence electrons. The summed E-state index contributed by atoms with van der Waals surface area (Å²) in [7, 11) is 0. The first-order chi connectivity index (χ1) is 12.7. The second-order valence-corrected chi connectivity index (χ2v) is 5.86. The fourth-order valence-electron chi connectivity index (χ4n) is 2.61. The Hall–Kier alpha value is -3.28. The van der Waals surface area contributed by atoms with E-state index >= 15 is 0 Å². The number of amides is 1. The van der Waals surface area contributed by atoms with Gasteiger partial charge in [-0.3, -0.25) is 9.78 Å². The van der Waals surface area contributed by atoms with Gasteiger partial charge in [-0.25, -0.2) is 9.97 Å². The molecule has 3 aromatic rings. The molecule has 3 rings (SSSR count). The Kier molecular flexibility index (Phi) is 5.53. The zero-order chi connectivity index (χ0) is 18.4. The van der Waals surface area contributed by atoms with Crippen LogP contribution in [0.5, 0.6) is 0 Å². The second-order valence-electron chi connectivity index (χ2n) is 5.86. The molecule has 26 heavy (non-hydrogen) atoms. The fraction of sp³-hybridized carbons (Fsp3) is 0.200. The SMILES string of the molecule is CCc1ccccc1Nc1cc(C(=O)NCc2ccncc2)nc(C)n1. The van der Waals surface area contributed by atoms with E-state index in [1.807, 2.05) is 30.3 Å². The number of aryl methyl sites for hydroxylation is 2. The lowest BCUT2D eigenvalue weighted by Gasteiger charge is -2.12. The molecule has 0 bridgehead atoms. The van der Waals surface area contributed by atoms with E-state index in [0.29, 0.717) is 23.9 Å². The topological polar surface area (TPSA) is 79.8 Å². The number of aromatic nitrogens is 3. The minimum Gasteiger partial charge on any atom is -0.347 e. The molecule has 0 saturated carbocycles. The molecule has 6 heteroatoms. The molecule has 2 N–H and O–H groups in total. The number of hydrogen-bond donors (Lipinski definition) is 2. The third-order valence-electron chi connectivity index (χ3n) is 3.93. The Bertz CT molecular complexity index is 896. The first-order valence-corrected chi connectivity index (χ1v) is 8.53. The van der Waals surface area contributed by atoms with Crippen molar-refractivity contribution in [2.24, 2.45) is 0 Å². The van der Waals surface area contributed by atoms with Crippen molar-refractivity contribution in [2.75, 3.05) is 5.32 Å². The highest BCUT2D eigenvalue weighted by Crippen LogP contribution is 2.20. The van der Waals surface area contributed by atoms with Crippen molar-refractivity contribution >= 4 is 17.4 Å². The summed E-state index contributed by atoms with van der Waals surface area (Å²) in [4.78, 5) is 25.1. The van der Waals surface area contributed by atoms with Gasteiger partial charge in [0.05, 0.1) is 0 Å². The second kappa shape index (κ2) is 8.20. The normalized spacial score (nSPS) is 10.4. The summed E-state index contributed by atoms with van der Waals surface area (Å²) >= 11 is 0. The average Bonchev–Trinajstić information content (AvgIpc) is 2.67. The van der Waals surface area contributed by atoms with Crippen LogP contribution in [-0.2, 0) is 13.0 Å². The largest absolute Gasteiger partial charge is 0.347 e. The van der Waals surface area contributed by atoms with E-state index in [-0.39, 0.29) is 5.91 Å². The fourth-order valence-corrected chi connectivity index (χ4v) is 2.61. The molecule has 0 radical (unpaired) electrons. The third-order valence-corrected chi connectivity index (χ3v) is 3.93. The van der Waals surface area contributed by atoms with Crippen LogP contribution in [0.3, 0.4) is 0 Å². The van der Waals surface area contributed by atoms with E-state index in [2.05, 4.69) is 38.6 Å². The molecular weight excluding hydrogens is 326 g/mol. The lowest BCUT2D eigenvalue weighted by molar-refractivity contribution is 0.0945. The quantitative estimate of drug-likeness (QED) is 0.714. The Morgan fingerprint density at radius 2 is 1.85 bits per heavy atom. The van der Waals surface area contributed by atoms with Crippen molar-refractivity contribution in [1.82, 2.24) is 20.3 Å². The number of carbonyl (C=O) groups is 1. The molecule has 0 unspecified atom stereocenters. The van der Waals surface area contributed by atoms with Crippen molar-refractivity contribution in [3.8, 4) is 0 Å². The van der Waals surface area contributed by atoms with E-state index in [1.54, 1.807) is 25.4 Å². The van der Waals surface area contributed by atoms with Crippen LogP contribution in [-0.4, -0.2) is 20.9 Å². The third kappa shape index (κ3) is 4.42. The van der Waals surface area contributed by atoms with E-state index < -0.39 is 0 Å². The number of para-hydroxylation sites is 1. The average molecular weight is 347 g/mol. The molecule has 2 aromatic heterocycles. The number of benzene rings is 1. The molecule has 2 heterocycles. The number of nitrogens with zero attached hydrogens (tertiary/aromatic N) is 3. The number of pyridine rings is 1. The number of rotatable bonds is 6. The summed E-state index contributed by atoms with van der Waals surface area (Å²) in [6.45, 7) is 4.30. The summed E-state index contributed by atoms with van der Waals surface area (Å²) in [6, 6.07) is 13.4. The maximum atomic E-state index is 12.5. The highest BCUT2D eigenvalue weighted by molar-refractivity contribution is 5.93. The van der Waals surface area contributed by atoms with Gasteiger partial charge in [-0.2, -0.15) is 0 Å². The molecule has 0 aliphatic rings. The van der Waals surface area contributed by atoms with Crippen LogP contribution in [0.25, 0.3) is 0 Å². The van der Waals surface area contributed by atoms with E-state index in [9.17, 15) is 4.79 Å². The number of anilines is 2. The van der Waals surface area contributed by atoms with Crippen molar-refractivity contribution in [3.05, 3.63) is 77.5 Å². The first-order valence-electron chi connectivity index (χ1n) is 8.53. The summed E-state index contributed by atoms with van der Waals surface area (Å²) in [5.41, 5.74) is 3.49. The highest BCUT2D eigenvalue weighted by atomic mass is 16.1. The van der Waals surface area contributed by atoms with Gasteiger partial charge in [0.2, 0.25) is 0 Å². The van der Waals surface area contributed by atoms with E-state index in [1.165, 1.54) is 5.56 Å². The zero-order valence-corrected chi connectivity index (χ0v) is 14.9. The van der Waals surface area contributed by atoms with Crippen molar-refractivity contribution in [2.45, 2.75) is 26.8 Å². The van der Waals surface area contributed by atoms with Crippen LogP contribution in [0.4, 0.5) is 11.5 Å². The predicted molar refractivity (Wildman–Crippen MR) is 101 cm³/mol. The molecule has 0 atom stereocenters. The van der Waals surface area contributed by atoms with Crippen LogP contribution >= 0.6 is 0 Å². The van der Waals surface area contributed by atoms with Gasteiger partial charge < -0.3 is 10.6 Å². The smallest absolute Gasteiger partial charge is 0.270 e. The maximum absolute atomic E-state index is 12.5. The lowest BCUT2D eigenvalue weighted by atomic mass is 10.1. The molecule has 6 nitrogen and oxygen atoms in total. The Balaban J connectivity index is 1.75. The molecule has 1 aromatic carbocycles. The van der Waals surface area contributed by atoms with Crippen molar-refractivity contribution in [3.63, 3.8) is 0 Å². The molecule has 0 fully saturated rings. The van der Waals surface area contributed by atoms with Crippen LogP contribution in [0.2, 0.25) is 0 Å². The van der Waals surface area contributed by atoms with Gasteiger partial charge in [-0.15, -0.1) is 0 Å². The van der Waals surface area contributed by atoms with Crippen molar-refractivity contribution < 1.29 is 4.79 Å². The first kappa shape index (κ1) is 17.5. The summed E-state index contributed by atoms with van der Waals surface area (Å²) in [5, 5.41) is 6.17. The highest BCUT2D eigenvalue weighted by Gasteiger charge is 2.11. The van der Waals surface area contributed by atoms with E-state index in [4.69, 9.17) is 0 Å². The van der Waals surface area contributed by atoms with Gasteiger partial charge in [0.15, 0.2) is 0 Å². The van der Waals surface area contributed by atoms with Gasteiger partial charge in [0.1, 0.15) is 17.3 Å². The molecule has 1 amide bonds. The Morgan fingerprint density at radius 1 is 1.08 bits per heavy atom. The molecule has 0 aliphatic heterocycles. The molecule has 0 saturated heterocycles. The van der Waals surface area contributed by atoms with E-state index in [0.717, 1.165) is 17.7 Å². The monoisotopic (exact) mass is 347 g/mol. The summed E-state index contributed by atoms with van der Waals surface area (Å²) in [5.74, 6) is 0.907. The molecule has 0 aliphatic carbocycles. The summed E-state index contributed by atoms with van der Waals surface area (Å²) < 4.78 is 0. The standard InChI is InChI=1S/C20H21N5O/c1-3-16-6-4-5-7-17(16)25-19-12-18(23-14(2)24-19)20(26)22-13-15-8-10-21-11-9-15/h4-12H,3,13H2,1-2H3,(H,22,26)(H,23,24,25). The van der Waals surface area contributed by atoms with Gasteiger partial charge in [0, 0.05) is 30.7 Å². The number of hydrogen-bond acceptors (Lipinski definition) is 5. The van der Waals surface area contributed by atoms with Gasteiger partial charge in [-0.1, -0.05) is 25.1 Å². The van der Waals surface area contributed by atoms with Crippen LogP contribution in [0.1, 0.15) is 34.4 Å². The minimum atomic E-state index is -0.237. The maximum Gasteiger partial charge on any atom is 0.270 e. The van der Waals surface area contributed by atoms with Crippen LogP contribution < -0.4 is 10.6 Å². The molecule has 0 spiro atoms. The Labute approximate surface area is 152 Å². The van der Waals surface area contributed by atoms with Gasteiger partial charge >= 0.3 is 0 Å². The predicted octanol–water partition coefficient (Wildman–Crippen LogP) is 3.42. The van der Waals surface area contributed by atoms with Gasteiger partial charge in [0.25, 0.3) is 5.91 Å². The minimum absolute atomic E-state index is 0.237. The zero-order valence-electron chi connectivity index (χ0n) is 14.9. The number of carbonyl (C=O) groups excluding carboxylic acids is 1. The van der Waals surface area contributed by atoms with Crippen LogP contribution in [0.15, 0.2) is 54.9 Å². The summed E-state index contributed by atoms with van der Waals surface area (Å²) in [6.07, 6.45) is 4.31. The van der Waals surface area contributed by atoms with Crippen LogP contribution in [0, 0.1) is 6.92 Å².